The molecule has 1 amide bonds. The van der Waals surface area contributed by atoms with E-state index in [9.17, 15) is 13.2 Å². The summed E-state index contributed by atoms with van der Waals surface area (Å²) in [7, 11) is -3.80. The number of hydrogen-bond donors (Lipinski definition) is 2. The van der Waals surface area contributed by atoms with Crippen molar-refractivity contribution >= 4 is 32.4 Å². The zero-order valence-electron chi connectivity index (χ0n) is 10.3. The van der Waals surface area contributed by atoms with Crippen molar-refractivity contribution in [3.05, 3.63) is 48.2 Å². The number of amides is 1. The van der Waals surface area contributed by atoms with Gasteiger partial charge in [-0.1, -0.05) is 12.1 Å². The van der Waals surface area contributed by atoms with Gasteiger partial charge in [-0.15, -0.1) is 0 Å². The van der Waals surface area contributed by atoms with Crippen LogP contribution in [0.3, 0.4) is 0 Å². The summed E-state index contributed by atoms with van der Waals surface area (Å²) in [5.41, 5.74) is 6.98. The molecule has 0 aliphatic rings. The van der Waals surface area contributed by atoms with Crippen LogP contribution in [0.2, 0.25) is 0 Å². The average Bonchev–Trinajstić information content (AvgIpc) is 2.71. The van der Waals surface area contributed by atoms with E-state index in [4.69, 9.17) is 10.9 Å². The molecule has 0 unspecified atom stereocenters. The number of primary sulfonamides is 1. The largest absolute Gasteiger partial charge is 0.366 e. The van der Waals surface area contributed by atoms with Crippen LogP contribution < -0.4 is 10.9 Å². The number of carbonyl (C=O) groups is 1. The maximum atomic E-state index is 11.6. The van der Waals surface area contributed by atoms with Crippen LogP contribution >= 0.6 is 0 Å². The molecule has 3 rings (SSSR count). The van der Waals surface area contributed by atoms with Crippen LogP contribution in [0, 0.1) is 0 Å². The molecule has 20 heavy (non-hydrogen) atoms. The second-order valence-corrected chi connectivity index (χ2v) is 5.98. The van der Waals surface area contributed by atoms with Crippen LogP contribution in [0.25, 0.3) is 16.4 Å². The first-order valence-corrected chi connectivity index (χ1v) is 7.29. The lowest BCUT2D eigenvalue weighted by atomic mass is 10.1. The van der Waals surface area contributed by atoms with Crippen molar-refractivity contribution in [3.63, 3.8) is 0 Å². The van der Waals surface area contributed by atoms with Gasteiger partial charge < -0.3 is 10.1 Å². The Labute approximate surface area is 114 Å². The van der Waals surface area contributed by atoms with E-state index in [1.165, 1.54) is 12.1 Å². The molecule has 1 aromatic carbocycles. The van der Waals surface area contributed by atoms with Gasteiger partial charge >= 0.3 is 0 Å². The molecular formula is C13H11N3O3S. The maximum Gasteiger partial charge on any atom is 0.251 e. The fourth-order valence-corrected chi connectivity index (χ4v) is 2.89. The Morgan fingerprint density at radius 3 is 2.50 bits per heavy atom. The lowest BCUT2D eigenvalue weighted by molar-refractivity contribution is 0.100. The molecule has 2 heterocycles. The molecule has 0 bridgehead atoms. The number of nitrogens with two attached hydrogens (primary N) is 2. The van der Waals surface area contributed by atoms with E-state index < -0.39 is 15.9 Å². The molecule has 0 spiro atoms. The van der Waals surface area contributed by atoms with E-state index in [0.717, 1.165) is 0 Å². The summed E-state index contributed by atoms with van der Waals surface area (Å²) < 4.78 is 24.6. The van der Waals surface area contributed by atoms with Crippen molar-refractivity contribution in [3.8, 4) is 0 Å². The minimum Gasteiger partial charge on any atom is -0.366 e. The van der Waals surface area contributed by atoms with Crippen LogP contribution in [-0.4, -0.2) is 18.7 Å². The number of fused-ring (bicyclic) bond motifs is 3. The van der Waals surface area contributed by atoms with Crippen molar-refractivity contribution in [1.82, 2.24) is 4.40 Å². The number of hydrogen-bond acceptors (Lipinski definition) is 3. The summed E-state index contributed by atoms with van der Waals surface area (Å²) in [6.07, 6.45) is 1.73. The van der Waals surface area contributed by atoms with E-state index in [2.05, 4.69) is 0 Å². The number of aromatic nitrogens is 1. The van der Waals surface area contributed by atoms with Gasteiger partial charge in [0.05, 0.1) is 21.5 Å². The van der Waals surface area contributed by atoms with Gasteiger partial charge in [0, 0.05) is 11.6 Å². The second-order valence-electron chi connectivity index (χ2n) is 4.42. The first kappa shape index (κ1) is 12.6. The smallest absolute Gasteiger partial charge is 0.251 e. The highest BCUT2D eigenvalue weighted by Gasteiger charge is 2.17. The summed E-state index contributed by atoms with van der Waals surface area (Å²) in [6, 6.07) is 9.65. The van der Waals surface area contributed by atoms with Gasteiger partial charge in [0.1, 0.15) is 0 Å². The van der Waals surface area contributed by atoms with E-state index in [1.54, 1.807) is 34.9 Å². The summed E-state index contributed by atoms with van der Waals surface area (Å²) in [5, 5.41) is 5.72. The predicted molar refractivity (Wildman–Crippen MR) is 74.8 cm³/mol. The number of rotatable bonds is 2. The van der Waals surface area contributed by atoms with Gasteiger partial charge in [0.15, 0.2) is 0 Å². The molecule has 7 heteroatoms. The Morgan fingerprint density at radius 2 is 1.85 bits per heavy atom. The first-order valence-electron chi connectivity index (χ1n) is 5.75. The first-order chi connectivity index (χ1) is 9.39. The zero-order chi connectivity index (χ0) is 14.5. The minimum absolute atomic E-state index is 0.00993. The molecule has 0 fully saturated rings. The van der Waals surface area contributed by atoms with Gasteiger partial charge in [-0.25, -0.2) is 13.6 Å². The number of primary amides is 1. The number of carbonyl (C=O) groups excluding carboxylic acids is 1. The summed E-state index contributed by atoms with van der Waals surface area (Å²) >= 11 is 0. The summed E-state index contributed by atoms with van der Waals surface area (Å²) in [5.74, 6) is -0.563. The molecule has 3 aromatic rings. The maximum absolute atomic E-state index is 11.6. The fourth-order valence-electron chi connectivity index (χ4n) is 2.35. The van der Waals surface area contributed by atoms with Crippen LogP contribution in [0.5, 0.6) is 0 Å². The lowest BCUT2D eigenvalue weighted by Gasteiger charge is -2.00. The number of nitrogens with zero attached hydrogens (tertiary/aromatic N) is 1. The Balaban J connectivity index is 2.54. The van der Waals surface area contributed by atoms with Crippen molar-refractivity contribution in [1.29, 1.82) is 0 Å². The Hall–Kier alpha value is -2.38. The van der Waals surface area contributed by atoms with Crippen molar-refractivity contribution in [2.24, 2.45) is 10.9 Å². The molecule has 102 valence electrons. The topological polar surface area (TPSA) is 108 Å². The lowest BCUT2D eigenvalue weighted by Crippen LogP contribution is -2.12. The Morgan fingerprint density at radius 1 is 1.10 bits per heavy atom. The van der Waals surface area contributed by atoms with E-state index in [1.807, 2.05) is 0 Å². The molecule has 4 N–H and O–H groups in total. The Kier molecular flexibility index (Phi) is 2.56. The van der Waals surface area contributed by atoms with Crippen LogP contribution in [0.4, 0.5) is 0 Å². The summed E-state index contributed by atoms with van der Waals surface area (Å²) in [6.45, 7) is 0. The molecule has 0 aliphatic carbocycles. The van der Waals surface area contributed by atoms with E-state index in [-0.39, 0.29) is 4.90 Å². The van der Waals surface area contributed by atoms with E-state index in [0.29, 0.717) is 22.0 Å². The number of sulfonamides is 1. The molecule has 0 radical (unpaired) electrons. The average molecular weight is 289 g/mol. The van der Waals surface area contributed by atoms with Crippen molar-refractivity contribution in [2.75, 3.05) is 0 Å². The third kappa shape index (κ3) is 1.75. The quantitative estimate of drug-likeness (QED) is 0.729. The van der Waals surface area contributed by atoms with Crippen LogP contribution in [-0.2, 0) is 10.0 Å². The number of benzene rings is 1. The standard InChI is InChI=1S/C13H11N3O3S/c14-13(17)12-9-5-4-8(20(15,18)19)7-11(9)16-6-2-1-3-10(12)16/h1-7H,(H2,14,17)(H2,15,18,19). The van der Waals surface area contributed by atoms with Gasteiger partial charge in [-0.05, 0) is 24.3 Å². The third-order valence-corrected chi connectivity index (χ3v) is 4.10. The normalized spacial score (nSPS) is 12.1. The van der Waals surface area contributed by atoms with Gasteiger partial charge in [0.25, 0.3) is 5.91 Å². The monoisotopic (exact) mass is 289 g/mol. The highest BCUT2D eigenvalue weighted by atomic mass is 32.2. The highest BCUT2D eigenvalue weighted by molar-refractivity contribution is 7.89. The van der Waals surface area contributed by atoms with Gasteiger partial charge in [-0.2, -0.15) is 0 Å². The van der Waals surface area contributed by atoms with Crippen molar-refractivity contribution in [2.45, 2.75) is 4.90 Å². The predicted octanol–water partition coefficient (Wildman–Crippen LogP) is 0.839. The SMILES string of the molecule is NC(=O)c1c2ccc(S(N)(=O)=O)cc2n2ccccc12. The van der Waals surface area contributed by atoms with Gasteiger partial charge in [0.2, 0.25) is 10.0 Å². The zero-order valence-corrected chi connectivity index (χ0v) is 11.1. The minimum atomic E-state index is -3.80. The molecular weight excluding hydrogens is 278 g/mol. The summed E-state index contributed by atoms with van der Waals surface area (Å²) in [4.78, 5) is 11.6. The van der Waals surface area contributed by atoms with Crippen LogP contribution in [0.1, 0.15) is 10.4 Å². The molecule has 0 saturated heterocycles. The fraction of sp³-hybridized carbons (Fsp3) is 0. The second kappa shape index (κ2) is 4.06. The molecule has 6 nitrogen and oxygen atoms in total. The third-order valence-electron chi connectivity index (χ3n) is 3.19. The van der Waals surface area contributed by atoms with Crippen molar-refractivity contribution < 1.29 is 13.2 Å². The van der Waals surface area contributed by atoms with E-state index >= 15 is 0 Å². The molecule has 2 aromatic heterocycles. The highest BCUT2D eigenvalue weighted by Crippen LogP contribution is 2.28. The van der Waals surface area contributed by atoms with Gasteiger partial charge in [-0.3, -0.25) is 4.79 Å². The Bertz CT molecular complexity index is 958. The molecule has 0 aliphatic heterocycles. The molecule has 0 atom stereocenters. The molecule has 0 saturated carbocycles. The van der Waals surface area contributed by atoms with Crippen LogP contribution in [0.15, 0.2) is 47.5 Å². The number of pyridine rings is 1.